The molecule has 38 heavy (non-hydrogen) atoms. The summed E-state index contributed by atoms with van der Waals surface area (Å²) >= 11 is 0. The Balaban J connectivity index is 1.25. The molecule has 202 valence electrons. The smallest absolute Gasteiger partial charge is 0.165 e. The number of imidazole rings is 1. The van der Waals surface area contributed by atoms with Gasteiger partial charge in [-0.25, -0.2) is 4.98 Å². The topological polar surface area (TPSA) is 122 Å². The minimum absolute atomic E-state index is 0.0339. The van der Waals surface area contributed by atoms with Gasteiger partial charge in [0.15, 0.2) is 5.78 Å². The number of allylic oxidation sites excluding steroid dienone is 2. The molecule has 4 aliphatic carbocycles. The van der Waals surface area contributed by atoms with Crippen molar-refractivity contribution in [2.45, 2.75) is 76.9 Å². The highest BCUT2D eigenvalue weighted by Crippen LogP contribution is 2.68. The van der Waals surface area contributed by atoms with Crippen molar-refractivity contribution in [2.75, 3.05) is 7.05 Å². The van der Waals surface area contributed by atoms with Gasteiger partial charge in [-0.15, -0.1) is 0 Å². The van der Waals surface area contributed by atoms with Crippen molar-refractivity contribution in [3.8, 4) is 0 Å². The lowest BCUT2D eigenvalue weighted by atomic mass is 9.44. The SMILES string of the molecule is CN=C1C=C2CCC3C(C(O)CC4(C)C3CCC4(O)C(=O)CCc3nc4ccccc4[nH]3)C2(C)CC1C=N. The summed E-state index contributed by atoms with van der Waals surface area (Å²) in [5, 5.41) is 31.8. The molecule has 1 heterocycles. The lowest BCUT2D eigenvalue weighted by Gasteiger charge is -2.61. The number of carbonyl (C=O) groups is 1. The first kappa shape index (κ1) is 25.6. The number of aromatic nitrogens is 2. The minimum atomic E-state index is -1.43. The summed E-state index contributed by atoms with van der Waals surface area (Å²) in [5.74, 6) is 1.10. The van der Waals surface area contributed by atoms with Crippen LogP contribution in [-0.4, -0.2) is 56.6 Å². The first-order valence-corrected chi connectivity index (χ1v) is 14.2. The molecule has 3 saturated carbocycles. The molecule has 1 aromatic heterocycles. The fraction of sp³-hybridized carbons (Fsp3) is 0.613. The van der Waals surface area contributed by atoms with Crippen LogP contribution in [0.3, 0.4) is 0 Å². The van der Waals surface area contributed by atoms with E-state index in [2.05, 4.69) is 34.9 Å². The van der Waals surface area contributed by atoms with Gasteiger partial charge in [-0.3, -0.25) is 9.79 Å². The number of aliphatic hydroxyl groups excluding tert-OH is 1. The van der Waals surface area contributed by atoms with Gasteiger partial charge in [0.05, 0.1) is 17.1 Å². The fourth-order valence-corrected chi connectivity index (χ4v) is 9.23. The maximum atomic E-state index is 13.7. The van der Waals surface area contributed by atoms with Crippen LogP contribution in [0.5, 0.6) is 0 Å². The van der Waals surface area contributed by atoms with Gasteiger partial charge >= 0.3 is 0 Å². The number of aromatic amines is 1. The number of para-hydroxylation sites is 2. The number of aliphatic hydroxyl groups is 2. The largest absolute Gasteiger partial charge is 0.393 e. The Bertz CT molecular complexity index is 1310. The number of nitrogens with zero attached hydrogens (tertiary/aromatic N) is 2. The van der Waals surface area contributed by atoms with Crippen molar-refractivity contribution >= 4 is 28.7 Å². The number of Topliss-reactive ketones (excluding diaryl/α,β-unsaturated/α-hetero) is 1. The van der Waals surface area contributed by atoms with Crippen LogP contribution in [0.4, 0.5) is 0 Å². The van der Waals surface area contributed by atoms with Crippen LogP contribution < -0.4 is 0 Å². The molecule has 7 heteroatoms. The summed E-state index contributed by atoms with van der Waals surface area (Å²) in [7, 11) is 1.79. The van der Waals surface area contributed by atoms with Gasteiger partial charge in [0, 0.05) is 43.1 Å². The Hall–Kier alpha value is -2.64. The number of aryl methyl sites for hydroxylation is 1. The number of benzene rings is 1. The monoisotopic (exact) mass is 516 g/mol. The van der Waals surface area contributed by atoms with Crippen LogP contribution in [-0.2, 0) is 11.2 Å². The lowest BCUT2D eigenvalue weighted by molar-refractivity contribution is -0.180. The molecular formula is C31H40N4O3. The quantitative estimate of drug-likeness (QED) is 0.431. The van der Waals surface area contributed by atoms with E-state index in [9.17, 15) is 15.0 Å². The van der Waals surface area contributed by atoms with Gasteiger partial charge in [-0.1, -0.05) is 31.6 Å². The van der Waals surface area contributed by atoms with Gasteiger partial charge in [-0.05, 0) is 79.9 Å². The average molecular weight is 517 g/mol. The van der Waals surface area contributed by atoms with E-state index in [0.717, 1.165) is 48.3 Å². The molecule has 6 rings (SSSR count). The van der Waals surface area contributed by atoms with Crippen LogP contribution in [0.2, 0.25) is 0 Å². The van der Waals surface area contributed by atoms with Gasteiger partial charge < -0.3 is 20.6 Å². The zero-order valence-electron chi connectivity index (χ0n) is 22.7. The van der Waals surface area contributed by atoms with E-state index in [1.54, 1.807) is 7.05 Å². The highest BCUT2D eigenvalue weighted by molar-refractivity contribution is 6.06. The van der Waals surface area contributed by atoms with Crippen LogP contribution in [0.25, 0.3) is 11.0 Å². The third-order valence-corrected chi connectivity index (χ3v) is 11.1. The fourth-order valence-electron chi connectivity index (χ4n) is 9.23. The molecule has 0 saturated heterocycles. The number of hydrogen-bond donors (Lipinski definition) is 4. The summed E-state index contributed by atoms with van der Waals surface area (Å²) in [4.78, 5) is 26.1. The minimum Gasteiger partial charge on any atom is -0.393 e. The molecule has 8 atom stereocenters. The standard InChI is InChI=1S/C31H40N4O3/c1-29-15-18(17-32)24(33-3)14-19(29)8-9-20-21-12-13-31(38,30(21,2)16-25(36)28(20)29)26(37)10-11-27-34-22-6-4-5-7-23(22)35-27/h4-7,14,17-18,20-21,25,28,32,36,38H,8-13,15-16H2,1-3H3,(H,34,35). The number of rotatable bonds is 5. The third-order valence-electron chi connectivity index (χ3n) is 11.1. The van der Waals surface area contributed by atoms with E-state index in [1.807, 2.05) is 24.3 Å². The molecule has 0 aliphatic heterocycles. The molecule has 3 fully saturated rings. The predicted octanol–water partition coefficient (Wildman–Crippen LogP) is 4.68. The van der Waals surface area contributed by atoms with E-state index in [1.165, 1.54) is 11.8 Å². The first-order chi connectivity index (χ1) is 18.1. The van der Waals surface area contributed by atoms with Crippen LogP contribution in [0.1, 0.15) is 64.6 Å². The molecule has 0 amide bonds. The summed E-state index contributed by atoms with van der Waals surface area (Å²) in [6.07, 6.45) is 8.15. The first-order valence-electron chi connectivity index (χ1n) is 14.2. The molecule has 8 unspecified atom stereocenters. The molecule has 0 bridgehead atoms. The van der Waals surface area contributed by atoms with Gasteiger partial charge in [0.25, 0.3) is 0 Å². The van der Waals surface area contributed by atoms with E-state index in [0.29, 0.717) is 19.3 Å². The second-order valence-corrected chi connectivity index (χ2v) is 12.8. The summed E-state index contributed by atoms with van der Waals surface area (Å²) in [6, 6.07) is 7.83. The highest BCUT2D eigenvalue weighted by atomic mass is 16.3. The van der Waals surface area contributed by atoms with Crippen molar-refractivity contribution in [3.63, 3.8) is 0 Å². The van der Waals surface area contributed by atoms with Crippen molar-refractivity contribution in [1.82, 2.24) is 9.97 Å². The Kier molecular flexibility index (Phi) is 6.04. The zero-order chi connectivity index (χ0) is 26.9. The molecule has 0 radical (unpaired) electrons. The Morgan fingerprint density at radius 3 is 2.79 bits per heavy atom. The second kappa shape index (κ2) is 8.95. The molecule has 1 aromatic carbocycles. The summed E-state index contributed by atoms with van der Waals surface area (Å²) in [6.45, 7) is 4.32. The number of H-pyrrole nitrogens is 1. The van der Waals surface area contributed by atoms with Crippen molar-refractivity contribution in [1.29, 1.82) is 5.41 Å². The molecule has 0 spiro atoms. The molecule has 2 aromatic rings. The van der Waals surface area contributed by atoms with E-state index >= 15 is 0 Å². The van der Waals surface area contributed by atoms with Gasteiger partial charge in [-0.2, -0.15) is 0 Å². The zero-order valence-corrected chi connectivity index (χ0v) is 22.7. The van der Waals surface area contributed by atoms with Crippen LogP contribution in [0.15, 0.2) is 40.9 Å². The Labute approximate surface area is 224 Å². The summed E-state index contributed by atoms with van der Waals surface area (Å²) in [5.41, 5.74) is 1.86. The Morgan fingerprint density at radius 2 is 2.05 bits per heavy atom. The van der Waals surface area contributed by atoms with E-state index in [4.69, 9.17) is 5.41 Å². The number of aliphatic imine (C=N–C) groups is 1. The normalized spacial score (nSPS) is 41.3. The molecule has 7 nitrogen and oxygen atoms in total. The van der Waals surface area contributed by atoms with E-state index < -0.39 is 17.1 Å². The highest BCUT2D eigenvalue weighted by Gasteiger charge is 2.68. The number of hydrogen-bond acceptors (Lipinski definition) is 6. The molecule has 4 N–H and O–H groups in total. The predicted molar refractivity (Wildman–Crippen MR) is 148 cm³/mol. The van der Waals surface area contributed by atoms with E-state index in [-0.39, 0.29) is 41.3 Å². The number of ketones is 1. The average Bonchev–Trinajstić information content (AvgIpc) is 3.44. The second-order valence-electron chi connectivity index (χ2n) is 12.8. The Morgan fingerprint density at radius 1 is 1.26 bits per heavy atom. The van der Waals surface area contributed by atoms with Gasteiger partial charge in [0.1, 0.15) is 11.4 Å². The molecular weight excluding hydrogens is 476 g/mol. The van der Waals surface area contributed by atoms with Gasteiger partial charge in [0.2, 0.25) is 0 Å². The lowest BCUT2D eigenvalue weighted by Crippen LogP contribution is -2.62. The maximum Gasteiger partial charge on any atom is 0.165 e. The number of nitrogens with one attached hydrogen (secondary N) is 2. The van der Waals surface area contributed by atoms with Crippen LogP contribution >= 0.6 is 0 Å². The van der Waals surface area contributed by atoms with Crippen molar-refractivity contribution in [3.05, 3.63) is 41.7 Å². The van der Waals surface area contributed by atoms with Crippen LogP contribution in [0, 0.1) is 39.9 Å². The summed E-state index contributed by atoms with van der Waals surface area (Å²) < 4.78 is 0. The number of fused-ring (bicyclic) bond motifs is 6. The third kappa shape index (κ3) is 3.54. The van der Waals surface area contributed by atoms with Crippen molar-refractivity contribution in [2.24, 2.45) is 39.5 Å². The number of carbonyl (C=O) groups excluding carboxylic acids is 1. The maximum absolute atomic E-state index is 13.7. The molecule has 4 aliphatic rings. The van der Waals surface area contributed by atoms with Crippen molar-refractivity contribution < 1.29 is 15.0 Å².